The molecule has 122 valence electrons. The highest BCUT2D eigenvalue weighted by Crippen LogP contribution is 2.22. The second kappa shape index (κ2) is 6.28. The normalized spacial score (nSPS) is 15.1. The van der Waals surface area contributed by atoms with Crippen LogP contribution in [0.1, 0.15) is 31.8 Å². The largest absolute Gasteiger partial charge is 0.368 e. The van der Waals surface area contributed by atoms with Crippen LogP contribution in [0.15, 0.2) is 12.1 Å². The third-order valence-electron chi connectivity index (χ3n) is 4.10. The molecule has 0 saturated carbocycles. The highest BCUT2D eigenvalue weighted by Gasteiger charge is 2.25. The molecule has 1 saturated heterocycles. The molecular formula is C17H22N4OS. The van der Waals surface area contributed by atoms with Gasteiger partial charge in [-0.15, -0.1) is 11.3 Å². The van der Waals surface area contributed by atoms with Crippen LogP contribution in [0.3, 0.4) is 0 Å². The minimum Gasteiger partial charge on any atom is -0.368 e. The molecule has 3 heterocycles. The van der Waals surface area contributed by atoms with Gasteiger partial charge >= 0.3 is 0 Å². The highest BCUT2D eigenvalue weighted by molar-refractivity contribution is 7.13. The fourth-order valence-corrected chi connectivity index (χ4v) is 3.92. The molecule has 0 aliphatic carbocycles. The van der Waals surface area contributed by atoms with Crippen molar-refractivity contribution in [2.24, 2.45) is 0 Å². The standard InChI is InChI=1S/C17H22N4OS/c1-11-9-15(10-12(2)18-11)20-5-7-21(8-6-20)17(22)16-13(3)19-14(4)23-16/h9-10H,5-8H2,1-4H3. The number of hydrogen-bond acceptors (Lipinski definition) is 5. The Bertz CT molecular complexity index is 712. The van der Waals surface area contributed by atoms with Gasteiger partial charge in [0.05, 0.1) is 10.7 Å². The molecule has 2 aromatic rings. The summed E-state index contributed by atoms with van der Waals surface area (Å²) in [5.74, 6) is 0.120. The Morgan fingerprint density at radius 1 is 1.00 bits per heavy atom. The van der Waals surface area contributed by atoms with E-state index in [9.17, 15) is 4.79 Å². The molecule has 0 atom stereocenters. The Kier molecular flexibility index (Phi) is 4.35. The zero-order valence-electron chi connectivity index (χ0n) is 14.1. The van der Waals surface area contributed by atoms with Crippen molar-refractivity contribution in [2.45, 2.75) is 27.7 Å². The van der Waals surface area contributed by atoms with Crippen LogP contribution in [0.2, 0.25) is 0 Å². The minimum atomic E-state index is 0.120. The molecular weight excluding hydrogens is 308 g/mol. The summed E-state index contributed by atoms with van der Waals surface area (Å²) in [6.07, 6.45) is 0. The Morgan fingerprint density at radius 3 is 2.13 bits per heavy atom. The molecule has 1 aliphatic rings. The zero-order valence-corrected chi connectivity index (χ0v) is 14.9. The highest BCUT2D eigenvalue weighted by atomic mass is 32.1. The lowest BCUT2D eigenvalue weighted by molar-refractivity contribution is 0.0750. The summed E-state index contributed by atoms with van der Waals surface area (Å²) in [6.45, 7) is 11.1. The van der Waals surface area contributed by atoms with Crippen LogP contribution in [-0.2, 0) is 0 Å². The van der Waals surface area contributed by atoms with E-state index in [0.717, 1.165) is 53.1 Å². The maximum absolute atomic E-state index is 12.7. The third kappa shape index (κ3) is 3.37. The summed E-state index contributed by atoms with van der Waals surface area (Å²) < 4.78 is 0. The molecule has 0 N–H and O–H groups in total. The number of piperazine rings is 1. The van der Waals surface area contributed by atoms with E-state index in [2.05, 4.69) is 27.0 Å². The van der Waals surface area contributed by atoms with Crippen molar-refractivity contribution in [1.82, 2.24) is 14.9 Å². The first kappa shape index (κ1) is 15.9. The van der Waals surface area contributed by atoms with E-state index < -0.39 is 0 Å². The van der Waals surface area contributed by atoms with Crippen LogP contribution in [0.5, 0.6) is 0 Å². The Balaban J connectivity index is 1.68. The van der Waals surface area contributed by atoms with Gasteiger partial charge in [-0.2, -0.15) is 0 Å². The number of anilines is 1. The first-order chi connectivity index (χ1) is 10.9. The predicted octanol–water partition coefficient (Wildman–Crippen LogP) is 2.73. The van der Waals surface area contributed by atoms with E-state index in [1.807, 2.05) is 32.6 Å². The van der Waals surface area contributed by atoms with Gasteiger partial charge in [0.2, 0.25) is 0 Å². The summed E-state index contributed by atoms with van der Waals surface area (Å²) in [7, 11) is 0. The zero-order chi connectivity index (χ0) is 16.6. The van der Waals surface area contributed by atoms with Crippen molar-refractivity contribution in [2.75, 3.05) is 31.1 Å². The van der Waals surface area contributed by atoms with Gasteiger partial charge in [0.1, 0.15) is 4.88 Å². The maximum Gasteiger partial charge on any atom is 0.265 e. The van der Waals surface area contributed by atoms with Gasteiger partial charge in [-0.3, -0.25) is 9.78 Å². The Labute approximate surface area is 141 Å². The van der Waals surface area contributed by atoms with Crippen LogP contribution in [0.25, 0.3) is 0 Å². The topological polar surface area (TPSA) is 49.3 Å². The van der Waals surface area contributed by atoms with E-state index in [1.165, 1.54) is 17.0 Å². The number of hydrogen-bond donors (Lipinski definition) is 0. The van der Waals surface area contributed by atoms with E-state index in [1.54, 1.807) is 0 Å². The lowest BCUT2D eigenvalue weighted by atomic mass is 10.2. The van der Waals surface area contributed by atoms with Gasteiger partial charge in [-0.25, -0.2) is 4.98 Å². The molecule has 0 aromatic carbocycles. The molecule has 3 rings (SSSR count). The summed E-state index contributed by atoms with van der Waals surface area (Å²) >= 11 is 1.49. The van der Waals surface area contributed by atoms with Gasteiger partial charge < -0.3 is 9.80 Å². The number of rotatable bonds is 2. The number of carbonyl (C=O) groups is 1. The van der Waals surface area contributed by atoms with E-state index in [0.29, 0.717) is 0 Å². The van der Waals surface area contributed by atoms with E-state index in [4.69, 9.17) is 0 Å². The molecule has 0 spiro atoms. The summed E-state index contributed by atoms with van der Waals surface area (Å²) in [4.78, 5) is 26.5. The predicted molar refractivity (Wildman–Crippen MR) is 93.4 cm³/mol. The fraction of sp³-hybridized carbons (Fsp3) is 0.471. The number of thiazole rings is 1. The van der Waals surface area contributed by atoms with Crippen LogP contribution < -0.4 is 4.90 Å². The summed E-state index contributed by atoms with van der Waals surface area (Å²) in [5, 5.41) is 0.951. The Morgan fingerprint density at radius 2 is 1.61 bits per heavy atom. The summed E-state index contributed by atoms with van der Waals surface area (Å²) in [6, 6.07) is 4.22. The van der Waals surface area contributed by atoms with Crippen LogP contribution in [0, 0.1) is 27.7 Å². The van der Waals surface area contributed by atoms with Crippen molar-refractivity contribution >= 4 is 22.9 Å². The molecule has 1 amide bonds. The average Bonchev–Trinajstić information content (AvgIpc) is 2.84. The summed E-state index contributed by atoms with van der Waals surface area (Å²) in [5.41, 5.74) is 4.12. The molecule has 2 aromatic heterocycles. The number of aryl methyl sites for hydroxylation is 4. The van der Waals surface area contributed by atoms with E-state index >= 15 is 0 Å². The maximum atomic E-state index is 12.7. The quantitative estimate of drug-likeness (QED) is 0.849. The fourth-order valence-electron chi connectivity index (χ4n) is 3.04. The Hall–Kier alpha value is -1.95. The van der Waals surface area contributed by atoms with Crippen LogP contribution in [0.4, 0.5) is 5.69 Å². The van der Waals surface area contributed by atoms with Crippen LogP contribution in [-0.4, -0.2) is 47.0 Å². The van der Waals surface area contributed by atoms with Crippen molar-refractivity contribution in [3.63, 3.8) is 0 Å². The molecule has 23 heavy (non-hydrogen) atoms. The number of amides is 1. The molecule has 0 bridgehead atoms. The lowest BCUT2D eigenvalue weighted by Crippen LogP contribution is -2.48. The van der Waals surface area contributed by atoms with Gasteiger partial charge in [0, 0.05) is 43.3 Å². The van der Waals surface area contributed by atoms with Gasteiger partial charge in [-0.05, 0) is 39.8 Å². The van der Waals surface area contributed by atoms with Crippen molar-refractivity contribution in [3.8, 4) is 0 Å². The molecule has 0 unspecified atom stereocenters. The molecule has 6 heteroatoms. The minimum absolute atomic E-state index is 0.120. The monoisotopic (exact) mass is 330 g/mol. The number of carbonyl (C=O) groups excluding carboxylic acids is 1. The molecule has 0 radical (unpaired) electrons. The second-order valence-corrected chi connectivity index (χ2v) is 7.24. The number of aromatic nitrogens is 2. The van der Waals surface area contributed by atoms with Gasteiger partial charge in [0.15, 0.2) is 0 Å². The molecule has 1 aliphatic heterocycles. The van der Waals surface area contributed by atoms with Crippen molar-refractivity contribution in [1.29, 1.82) is 0 Å². The molecule has 5 nitrogen and oxygen atoms in total. The van der Waals surface area contributed by atoms with Gasteiger partial charge in [0.25, 0.3) is 5.91 Å². The van der Waals surface area contributed by atoms with E-state index in [-0.39, 0.29) is 5.91 Å². The molecule has 1 fully saturated rings. The SMILES string of the molecule is Cc1cc(N2CCN(C(=O)c3sc(C)nc3C)CC2)cc(C)n1. The van der Waals surface area contributed by atoms with Crippen LogP contribution >= 0.6 is 11.3 Å². The first-order valence-corrected chi connectivity index (χ1v) is 8.69. The number of nitrogens with zero attached hydrogens (tertiary/aromatic N) is 4. The lowest BCUT2D eigenvalue weighted by Gasteiger charge is -2.36. The average molecular weight is 330 g/mol. The second-order valence-electron chi connectivity index (χ2n) is 6.03. The number of pyridine rings is 1. The first-order valence-electron chi connectivity index (χ1n) is 7.87. The third-order valence-corrected chi connectivity index (χ3v) is 5.16. The smallest absolute Gasteiger partial charge is 0.265 e. The van der Waals surface area contributed by atoms with Crippen molar-refractivity contribution < 1.29 is 4.79 Å². The van der Waals surface area contributed by atoms with Gasteiger partial charge in [-0.1, -0.05) is 0 Å². The van der Waals surface area contributed by atoms with Crippen molar-refractivity contribution in [3.05, 3.63) is 39.1 Å².